The van der Waals surface area contributed by atoms with E-state index < -0.39 is 84.2 Å². The molecule has 7 rings (SSSR count). The number of fused-ring (bicyclic) bond motifs is 5. The van der Waals surface area contributed by atoms with Crippen molar-refractivity contribution in [1.29, 1.82) is 0 Å². The molecule has 3 aliphatic rings. The Kier molecular flexibility index (Phi) is 16.1. The van der Waals surface area contributed by atoms with E-state index in [1.807, 2.05) is 0 Å². The van der Waals surface area contributed by atoms with Crippen LogP contribution >= 0.6 is 15.9 Å². The molecule has 1 aliphatic carbocycles. The van der Waals surface area contributed by atoms with E-state index >= 15 is 4.39 Å². The second-order valence-corrected chi connectivity index (χ2v) is 17.8. The highest BCUT2D eigenvalue weighted by molar-refractivity contribution is 9.09. The zero-order valence-electron chi connectivity index (χ0n) is 38.5. The van der Waals surface area contributed by atoms with E-state index in [-0.39, 0.29) is 86.6 Å². The summed E-state index contributed by atoms with van der Waals surface area (Å²) >= 11 is 2.99. The number of alkyl halides is 1. The number of ether oxygens (including phenoxy) is 1. The van der Waals surface area contributed by atoms with Crippen LogP contribution in [0.15, 0.2) is 47.3 Å². The van der Waals surface area contributed by atoms with Crippen molar-refractivity contribution < 1.29 is 52.6 Å². The van der Waals surface area contributed by atoms with Gasteiger partial charge in [0.25, 0.3) is 5.56 Å². The van der Waals surface area contributed by atoms with E-state index in [1.54, 1.807) is 50.2 Å². The molecule has 0 spiro atoms. The van der Waals surface area contributed by atoms with Crippen molar-refractivity contribution in [2.75, 3.05) is 38.1 Å². The molecule has 4 heterocycles. The lowest BCUT2D eigenvalue weighted by molar-refractivity contribution is -0.172. The highest BCUT2D eigenvalue weighted by Gasteiger charge is 2.46. The number of carbonyl (C=O) groups is 8. The molecule has 0 saturated heterocycles. The molecule has 0 saturated carbocycles. The summed E-state index contributed by atoms with van der Waals surface area (Å²) in [6.45, 7) is 1.88. The van der Waals surface area contributed by atoms with Gasteiger partial charge in [0, 0.05) is 54.9 Å². The van der Waals surface area contributed by atoms with E-state index in [1.165, 1.54) is 10.6 Å². The topological polar surface area (TPSA) is 285 Å². The first-order valence-electron chi connectivity index (χ1n) is 22.9. The molecule has 0 bridgehead atoms. The van der Waals surface area contributed by atoms with Crippen molar-refractivity contribution in [3.05, 3.63) is 97.6 Å². The molecule has 8 N–H and O–H groups in total. The van der Waals surface area contributed by atoms with Gasteiger partial charge in [-0.25, -0.2) is 14.2 Å². The first-order chi connectivity index (χ1) is 33.5. The fourth-order valence-electron chi connectivity index (χ4n) is 8.97. The van der Waals surface area contributed by atoms with Crippen molar-refractivity contribution in [2.24, 2.45) is 0 Å². The first kappa shape index (κ1) is 50.8. The Balaban J connectivity index is 0.926. The Morgan fingerprint density at radius 3 is 2.31 bits per heavy atom. The molecule has 2 aliphatic heterocycles. The summed E-state index contributed by atoms with van der Waals surface area (Å²) in [6, 6.07) is 10.1. The minimum absolute atomic E-state index is 0.0102. The summed E-state index contributed by atoms with van der Waals surface area (Å²) < 4.78 is 22.1. The van der Waals surface area contributed by atoms with Gasteiger partial charge in [-0.2, -0.15) is 0 Å². The number of nitrogens with zero attached hydrogens (tertiary/aromatic N) is 2. The maximum absolute atomic E-state index is 15.4. The largest absolute Gasteiger partial charge is 0.458 e. The Morgan fingerprint density at radius 1 is 0.871 bits per heavy atom. The predicted octanol–water partition coefficient (Wildman–Crippen LogP) is 0.504. The molecular weight excluding hydrogens is 977 g/mol. The van der Waals surface area contributed by atoms with E-state index in [4.69, 9.17) is 9.72 Å². The lowest BCUT2D eigenvalue weighted by atomic mass is 9.81. The third-order valence-corrected chi connectivity index (χ3v) is 13.2. The molecule has 2 aromatic carbocycles. The number of esters is 1. The molecule has 3 atom stereocenters. The molecule has 2 aromatic heterocycles. The Labute approximate surface area is 408 Å². The van der Waals surface area contributed by atoms with Gasteiger partial charge < -0.3 is 51.6 Å². The van der Waals surface area contributed by atoms with Crippen molar-refractivity contribution in [3.63, 3.8) is 0 Å². The van der Waals surface area contributed by atoms with Crippen LogP contribution in [-0.2, 0) is 74.7 Å². The number of aryl methyl sites for hydroxylation is 1. The van der Waals surface area contributed by atoms with Gasteiger partial charge in [-0.3, -0.25) is 38.4 Å². The minimum atomic E-state index is -2.04. The second-order valence-electron chi connectivity index (χ2n) is 17.2. The number of cyclic esters (lactones) is 1. The van der Waals surface area contributed by atoms with Gasteiger partial charge in [-0.05, 0) is 60.9 Å². The number of aliphatic hydroxyl groups is 1. The molecular formula is C48H53BrFN9O11. The van der Waals surface area contributed by atoms with Crippen LogP contribution in [0.25, 0.3) is 22.3 Å². The fourth-order valence-corrected chi connectivity index (χ4v) is 9.17. The quantitative estimate of drug-likeness (QED) is 0.0301. The Morgan fingerprint density at radius 2 is 1.57 bits per heavy atom. The van der Waals surface area contributed by atoms with E-state index in [0.717, 1.165) is 5.56 Å². The summed E-state index contributed by atoms with van der Waals surface area (Å²) in [6.07, 6.45) is 1.08. The predicted molar refractivity (Wildman–Crippen MR) is 253 cm³/mol. The molecule has 7 amide bonds. The number of amides is 7. The van der Waals surface area contributed by atoms with Crippen LogP contribution in [0.3, 0.4) is 0 Å². The monoisotopic (exact) mass is 1030 g/mol. The zero-order chi connectivity index (χ0) is 50.3. The molecule has 22 heteroatoms. The highest BCUT2D eigenvalue weighted by Crippen LogP contribution is 2.46. The lowest BCUT2D eigenvalue weighted by Gasteiger charge is -2.31. The minimum Gasteiger partial charge on any atom is -0.458 e. The Bertz CT molecular complexity index is 2840. The average Bonchev–Trinajstić information content (AvgIpc) is 3.72. The van der Waals surface area contributed by atoms with E-state index in [9.17, 15) is 48.3 Å². The standard InChI is InChI=1S/C48H53BrFN9O11/c1-3-48(69)30-17-35-44-28(23-59(35)46(67)29(30)24-70-47(48)68)43-32(12-11-27-25(2)31(50)18-33(58-44)42(27)43)56-37(61)10-7-14-51-39(63)21-55-45(66)34(16-26-8-5-4-6-9-26)57-41(65)22-54-40(64)20-53-36(60)13-15-52-38(62)19-49/h4-6,8-9,17-18,32,34,69H,3,7,10-16,19-24H2,1-2H3,(H,51,63)(H,52,62)(H,53,60)(H,54,64)(H,55,66)(H,56,61)(H,57,65)/t32-,34?,48-/m0/s1. The number of rotatable bonds is 20. The number of pyridine rings is 2. The van der Waals surface area contributed by atoms with Crippen LogP contribution in [-0.4, -0.2) is 106 Å². The molecule has 0 radical (unpaired) electrons. The number of aromatic nitrogens is 2. The lowest BCUT2D eigenvalue weighted by Crippen LogP contribution is -2.52. The SMILES string of the molecule is CC[C@@]1(O)C(=O)OCc2c1cc1n(c2=O)Cc2c-1nc1cc(F)c(C)c3c1c2[C@@H](NC(=O)CCCNC(=O)CNC(=O)C(Cc1ccccc1)NC(=O)CNC(=O)CNC(=O)CCNC(=O)CBr)CC3. The van der Waals surface area contributed by atoms with Gasteiger partial charge in [-0.1, -0.05) is 53.2 Å². The average molecular weight is 1030 g/mol. The van der Waals surface area contributed by atoms with Crippen molar-refractivity contribution in [1.82, 2.24) is 46.8 Å². The summed E-state index contributed by atoms with van der Waals surface area (Å²) in [5, 5.41) is 30.3. The molecule has 370 valence electrons. The number of hydrogen-bond acceptors (Lipinski definition) is 12. The van der Waals surface area contributed by atoms with Crippen LogP contribution in [0.1, 0.15) is 84.0 Å². The normalized spacial score (nSPS) is 16.6. The summed E-state index contributed by atoms with van der Waals surface area (Å²) in [5.74, 6) is -4.99. The van der Waals surface area contributed by atoms with Gasteiger partial charge in [0.05, 0.1) is 60.0 Å². The van der Waals surface area contributed by atoms with Crippen LogP contribution in [0.4, 0.5) is 4.39 Å². The second kappa shape index (κ2) is 22.1. The van der Waals surface area contributed by atoms with Crippen molar-refractivity contribution in [2.45, 2.75) is 89.6 Å². The molecule has 70 heavy (non-hydrogen) atoms. The van der Waals surface area contributed by atoms with Gasteiger partial charge in [0.15, 0.2) is 5.60 Å². The van der Waals surface area contributed by atoms with Gasteiger partial charge in [-0.15, -0.1) is 0 Å². The maximum atomic E-state index is 15.4. The number of halogens is 2. The van der Waals surface area contributed by atoms with E-state index in [2.05, 4.69) is 53.1 Å². The number of hydrogen-bond donors (Lipinski definition) is 8. The van der Waals surface area contributed by atoms with Crippen LogP contribution in [0.2, 0.25) is 0 Å². The number of carbonyl (C=O) groups excluding carboxylic acids is 8. The van der Waals surface area contributed by atoms with Gasteiger partial charge in [0.2, 0.25) is 41.4 Å². The third-order valence-electron chi connectivity index (χ3n) is 12.7. The van der Waals surface area contributed by atoms with Gasteiger partial charge >= 0.3 is 5.97 Å². The van der Waals surface area contributed by atoms with Crippen molar-refractivity contribution in [3.8, 4) is 11.4 Å². The number of benzene rings is 2. The van der Waals surface area contributed by atoms with Crippen LogP contribution in [0.5, 0.6) is 0 Å². The first-order valence-corrected chi connectivity index (χ1v) is 24.0. The molecule has 20 nitrogen and oxygen atoms in total. The number of nitrogens with one attached hydrogen (secondary N) is 7. The summed E-state index contributed by atoms with van der Waals surface area (Å²) in [7, 11) is 0. The van der Waals surface area contributed by atoms with Crippen molar-refractivity contribution >= 4 is 74.2 Å². The smallest absolute Gasteiger partial charge is 0.343 e. The highest BCUT2D eigenvalue weighted by atomic mass is 79.9. The van der Waals surface area contributed by atoms with Crippen LogP contribution in [0, 0.1) is 12.7 Å². The zero-order valence-corrected chi connectivity index (χ0v) is 40.1. The molecule has 4 aromatic rings. The summed E-state index contributed by atoms with van der Waals surface area (Å²) in [4.78, 5) is 120. The Hall–Kier alpha value is -7.07. The molecule has 1 unspecified atom stereocenters. The maximum Gasteiger partial charge on any atom is 0.343 e. The van der Waals surface area contributed by atoms with E-state index in [0.29, 0.717) is 57.4 Å². The third kappa shape index (κ3) is 11.2. The summed E-state index contributed by atoms with van der Waals surface area (Å²) in [5.41, 5.74) is 2.19. The fraction of sp³-hybridized carbons (Fsp3) is 0.417. The molecule has 0 fully saturated rings. The van der Waals surface area contributed by atoms with Crippen LogP contribution < -0.4 is 42.8 Å². The van der Waals surface area contributed by atoms with Gasteiger partial charge in [0.1, 0.15) is 18.5 Å².